The maximum atomic E-state index is 13.7. The van der Waals surface area contributed by atoms with Crippen molar-refractivity contribution in [1.29, 1.82) is 0 Å². The molecule has 0 bridgehead atoms. The number of hydrogen-bond acceptors (Lipinski definition) is 6. The molecule has 192 valence electrons. The molecule has 0 aliphatic heterocycles. The van der Waals surface area contributed by atoms with Crippen LogP contribution in [0.5, 0.6) is 17.2 Å². The van der Waals surface area contributed by atoms with Crippen molar-refractivity contribution < 1.29 is 27.4 Å². The Morgan fingerprint density at radius 1 is 0.944 bits per heavy atom. The molecule has 0 aliphatic carbocycles. The van der Waals surface area contributed by atoms with Crippen LogP contribution in [-0.4, -0.2) is 41.2 Å². The highest BCUT2D eigenvalue weighted by atomic mass is 32.2. The highest BCUT2D eigenvalue weighted by Gasteiger charge is 2.30. The predicted molar refractivity (Wildman–Crippen MR) is 139 cm³/mol. The maximum Gasteiger partial charge on any atom is 0.264 e. The monoisotopic (exact) mass is 512 g/mol. The van der Waals surface area contributed by atoms with Gasteiger partial charge >= 0.3 is 0 Å². The first-order chi connectivity index (χ1) is 17.1. The first-order valence-electron chi connectivity index (χ1n) is 11.5. The number of carbonyl (C=O) groups is 1. The van der Waals surface area contributed by atoms with Gasteiger partial charge in [-0.25, -0.2) is 8.42 Å². The van der Waals surface area contributed by atoms with Crippen LogP contribution in [0.1, 0.15) is 25.0 Å². The molecule has 3 aromatic rings. The number of amides is 1. The van der Waals surface area contributed by atoms with Crippen molar-refractivity contribution in [2.45, 2.75) is 38.3 Å². The van der Waals surface area contributed by atoms with Gasteiger partial charge < -0.3 is 19.5 Å². The zero-order chi connectivity index (χ0) is 26.3. The lowest BCUT2D eigenvalue weighted by Crippen LogP contribution is -2.40. The Morgan fingerprint density at radius 3 is 2.31 bits per heavy atom. The maximum absolute atomic E-state index is 13.7. The van der Waals surface area contributed by atoms with Crippen LogP contribution in [0.25, 0.3) is 0 Å². The van der Waals surface area contributed by atoms with E-state index >= 15 is 0 Å². The second-order valence-electron chi connectivity index (χ2n) is 8.45. The lowest BCUT2D eigenvalue weighted by Gasteiger charge is -2.26. The summed E-state index contributed by atoms with van der Waals surface area (Å²) in [6.45, 7) is 5.49. The Kier molecular flexibility index (Phi) is 8.82. The zero-order valence-corrected chi connectivity index (χ0v) is 22.0. The summed E-state index contributed by atoms with van der Waals surface area (Å²) in [6, 6.07) is 18.6. The van der Waals surface area contributed by atoms with Crippen molar-refractivity contribution in [3.63, 3.8) is 0 Å². The summed E-state index contributed by atoms with van der Waals surface area (Å²) in [7, 11) is -1.19. The molecule has 0 aromatic heterocycles. The quantitative estimate of drug-likeness (QED) is 0.412. The van der Waals surface area contributed by atoms with E-state index in [1.54, 1.807) is 24.3 Å². The molecule has 8 nitrogen and oxygen atoms in total. The Balaban J connectivity index is 1.91. The van der Waals surface area contributed by atoms with Gasteiger partial charge in [0.2, 0.25) is 5.91 Å². The molecule has 0 saturated heterocycles. The van der Waals surface area contributed by atoms with Crippen molar-refractivity contribution in [2.75, 3.05) is 25.1 Å². The minimum atomic E-state index is -4.11. The minimum Gasteiger partial charge on any atom is -0.497 e. The normalized spacial score (nSPS) is 11.2. The Hall–Kier alpha value is -3.72. The van der Waals surface area contributed by atoms with Crippen LogP contribution in [0, 0.1) is 6.92 Å². The molecule has 3 rings (SSSR count). The predicted octanol–water partition coefficient (Wildman–Crippen LogP) is 4.31. The average molecular weight is 513 g/mol. The van der Waals surface area contributed by atoms with Gasteiger partial charge in [0, 0.05) is 12.6 Å². The number of sulfonamides is 1. The summed E-state index contributed by atoms with van der Waals surface area (Å²) in [6.07, 6.45) is 0.0215. The molecule has 3 aromatic carbocycles. The largest absolute Gasteiger partial charge is 0.497 e. The van der Waals surface area contributed by atoms with Crippen molar-refractivity contribution in [3.05, 3.63) is 77.9 Å². The molecule has 36 heavy (non-hydrogen) atoms. The van der Waals surface area contributed by atoms with E-state index in [-0.39, 0.29) is 29.0 Å². The highest BCUT2D eigenvalue weighted by Crippen LogP contribution is 2.35. The van der Waals surface area contributed by atoms with Crippen molar-refractivity contribution in [3.8, 4) is 17.2 Å². The molecule has 1 N–H and O–H groups in total. The van der Waals surface area contributed by atoms with Gasteiger partial charge in [0.1, 0.15) is 23.8 Å². The molecule has 0 radical (unpaired) electrons. The summed E-state index contributed by atoms with van der Waals surface area (Å²) in [4.78, 5) is 13.1. The van der Waals surface area contributed by atoms with E-state index in [0.29, 0.717) is 11.5 Å². The number of hydrogen-bond donors (Lipinski definition) is 1. The van der Waals surface area contributed by atoms with Gasteiger partial charge in [0.15, 0.2) is 0 Å². The van der Waals surface area contributed by atoms with Crippen molar-refractivity contribution >= 4 is 21.6 Å². The fourth-order valence-corrected chi connectivity index (χ4v) is 4.94. The lowest BCUT2D eigenvalue weighted by molar-refractivity contribution is -0.119. The Morgan fingerprint density at radius 2 is 1.67 bits per heavy atom. The zero-order valence-electron chi connectivity index (χ0n) is 21.1. The second kappa shape index (κ2) is 11.8. The van der Waals surface area contributed by atoms with Crippen LogP contribution in [0.3, 0.4) is 0 Å². The van der Waals surface area contributed by atoms with E-state index in [4.69, 9.17) is 14.2 Å². The van der Waals surface area contributed by atoms with E-state index in [0.717, 1.165) is 15.4 Å². The third-order valence-corrected chi connectivity index (χ3v) is 7.08. The number of methoxy groups -OCH3 is 2. The molecule has 0 spiro atoms. The number of ether oxygens (including phenoxy) is 3. The van der Waals surface area contributed by atoms with Gasteiger partial charge in [-0.1, -0.05) is 29.8 Å². The number of anilines is 1. The van der Waals surface area contributed by atoms with Crippen molar-refractivity contribution in [2.24, 2.45) is 0 Å². The smallest absolute Gasteiger partial charge is 0.264 e. The number of aryl methyl sites for hydroxylation is 1. The fourth-order valence-electron chi connectivity index (χ4n) is 3.52. The molecule has 0 saturated carbocycles. The standard InChI is InChI=1S/C27H32N2O6S/c1-19(2)35-23-8-6-7-21(15-23)17-28-27(30)18-29(25-16-22(33-4)11-14-26(25)34-5)36(31,32)24-12-9-20(3)10-13-24/h6-16,19H,17-18H2,1-5H3,(H,28,30). The number of rotatable bonds is 11. The number of carbonyl (C=O) groups excluding carboxylic acids is 1. The van der Waals surface area contributed by atoms with Crippen LogP contribution in [-0.2, 0) is 21.4 Å². The summed E-state index contributed by atoms with van der Waals surface area (Å²) >= 11 is 0. The van der Waals surface area contributed by atoms with Gasteiger partial charge in [-0.15, -0.1) is 0 Å². The van der Waals surface area contributed by atoms with Crippen LogP contribution < -0.4 is 23.8 Å². The Labute approximate surface area is 212 Å². The number of benzene rings is 3. The van der Waals surface area contributed by atoms with E-state index in [1.165, 1.54) is 32.4 Å². The number of nitrogens with one attached hydrogen (secondary N) is 1. The van der Waals surface area contributed by atoms with Crippen LogP contribution in [0.2, 0.25) is 0 Å². The van der Waals surface area contributed by atoms with Crippen molar-refractivity contribution in [1.82, 2.24) is 5.32 Å². The molecular weight excluding hydrogens is 480 g/mol. The van der Waals surface area contributed by atoms with Gasteiger partial charge in [-0.05, 0) is 62.7 Å². The van der Waals surface area contributed by atoms with Gasteiger partial charge in [0.25, 0.3) is 10.0 Å². The third kappa shape index (κ3) is 6.69. The van der Waals surface area contributed by atoms with E-state index in [1.807, 2.05) is 45.0 Å². The van der Waals surface area contributed by atoms with E-state index in [2.05, 4.69) is 5.32 Å². The molecule has 9 heteroatoms. The van der Waals surface area contributed by atoms with Crippen LogP contribution in [0.15, 0.2) is 71.6 Å². The van der Waals surface area contributed by atoms with Gasteiger partial charge in [0.05, 0.1) is 30.9 Å². The molecule has 0 heterocycles. The molecule has 0 aliphatic rings. The Bertz CT molecular complexity index is 1290. The molecule has 0 unspecified atom stereocenters. The molecule has 1 amide bonds. The highest BCUT2D eigenvalue weighted by molar-refractivity contribution is 7.92. The molecule has 0 atom stereocenters. The molecular formula is C27H32N2O6S. The minimum absolute atomic E-state index is 0.0215. The summed E-state index contributed by atoms with van der Waals surface area (Å²) in [5.41, 5.74) is 1.94. The number of nitrogens with zero attached hydrogens (tertiary/aromatic N) is 1. The third-order valence-electron chi connectivity index (χ3n) is 5.31. The topological polar surface area (TPSA) is 94.2 Å². The van der Waals surface area contributed by atoms with Crippen LogP contribution >= 0.6 is 0 Å². The van der Waals surface area contributed by atoms with E-state index in [9.17, 15) is 13.2 Å². The van der Waals surface area contributed by atoms with Gasteiger partial charge in [-0.3, -0.25) is 9.10 Å². The van der Waals surface area contributed by atoms with E-state index < -0.39 is 22.5 Å². The lowest BCUT2D eigenvalue weighted by atomic mass is 10.2. The first-order valence-corrected chi connectivity index (χ1v) is 12.9. The molecule has 0 fully saturated rings. The first kappa shape index (κ1) is 26.9. The van der Waals surface area contributed by atoms with Crippen LogP contribution in [0.4, 0.5) is 5.69 Å². The summed E-state index contributed by atoms with van der Waals surface area (Å²) < 4.78 is 44.9. The SMILES string of the molecule is COc1ccc(OC)c(N(CC(=O)NCc2cccc(OC(C)C)c2)S(=O)(=O)c2ccc(C)cc2)c1. The summed E-state index contributed by atoms with van der Waals surface area (Å²) in [5.74, 6) is 0.933. The fraction of sp³-hybridized carbons (Fsp3) is 0.296. The second-order valence-corrected chi connectivity index (χ2v) is 10.3. The summed E-state index contributed by atoms with van der Waals surface area (Å²) in [5, 5.41) is 2.81. The van der Waals surface area contributed by atoms with Gasteiger partial charge in [-0.2, -0.15) is 0 Å². The average Bonchev–Trinajstić information content (AvgIpc) is 2.85.